The van der Waals surface area contributed by atoms with Gasteiger partial charge < -0.3 is 11.1 Å². The Labute approximate surface area is 205 Å². The molecule has 3 N–H and O–H groups in total. The number of hydrogen-bond donors (Lipinski definition) is 2. The van der Waals surface area contributed by atoms with Crippen LogP contribution in [0.1, 0.15) is 34.3 Å². The molecule has 5 rings (SSSR count). The van der Waals surface area contributed by atoms with E-state index in [0.29, 0.717) is 16.9 Å². The van der Waals surface area contributed by atoms with Crippen molar-refractivity contribution in [2.24, 2.45) is 0 Å². The van der Waals surface area contributed by atoms with Gasteiger partial charge in [-0.3, -0.25) is 14.7 Å². The van der Waals surface area contributed by atoms with E-state index >= 15 is 0 Å². The number of carbonyl (C=O) groups excluding carboxylic acids is 1. The number of nitrogens with one attached hydrogen (secondary N) is 1. The van der Waals surface area contributed by atoms with Gasteiger partial charge in [0, 0.05) is 29.4 Å². The Morgan fingerprint density at radius 3 is 2.47 bits per heavy atom. The Morgan fingerprint density at radius 2 is 1.85 bits per heavy atom. The van der Waals surface area contributed by atoms with Crippen molar-refractivity contribution in [3.8, 4) is 10.4 Å². The summed E-state index contributed by atoms with van der Waals surface area (Å²) in [6.07, 6.45) is 6.17. The van der Waals surface area contributed by atoms with E-state index in [9.17, 15) is 4.79 Å². The minimum atomic E-state index is -0.141. The van der Waals surface area contributed by atoms with Crippen LogP contribution in [0.15, 0.2) is 84.5 Å². The summed E-state index contributed by atoms with van der Waals surface area (Å²) in [6.45, 7) is 5.31. The van der Waals surface area contributed by atoms with Gasteiger partial charge in [0.1, 0.15) is 0 Å². The summed E-state index contributed by atoms with van der Waals surface area (Å²) in [4.78, 5) is 20.1. The van der Waals surface area contributed by atoms with Gasteiger partial charge in [-0.05, 0) is 91.3 Å². The second kappa shape index (κ2) is 11.6. The first-order valence-corrected chi connectivity index (χ1v) is 12.4. The van der Waals surface area contributed by atoms with E-state index in [1.165, 1.54) is 37.1 Å². The van der Waals surface area contributed by atoms with Crippen LogP contribution in [0.2, 0.25) is 0 Å². The zero-order valence-electron chi connectivity index (χ0n) is 19.4. The number of nitrogens with two attached hydrogens (primary N) is 1. The van der Waals surface area contributed by atoms with E-state index in [1.54, 1.807) is 17.5 Å². The molecule has 2 aromatic heterocycles. The third-order valence-corrected chi connectivity index (χ3v) is 6.66. The van der Waals surface area contributed by atoms with Gasteiger partial charge in [0.2, 0.25) is 0 Å². The molecule has 34 heavy (non-hydrogen) atoms. The molecule has 0 unspecified atom stereocenters. The van der Waals surface area contributed by atoms with Crippen molar-refractivity contribution >= 4 is 28.6 Å². The standard InChI is InChI=1S/C22H23N3OS.C6H7N/c23-19-10-9-18(21-4-3-13-27-21)14-20(19)24-22(26)17-7-5-16(6-8-17)15-25-11-1-2-12-25;1-6-3-2-4-7-5-6/h3-10,13-14H,1-2,11-12,15,23H2,(H,24,26);2-5H,1H3. The number of pyridine rings is 1. The predicted molar refractivity (Wildman–Crippen MR) is 142 cm³/mol. The van der Waals surface area contributed by atoms with Crippen LogP contribution in [0.3, 0.4) is 0 Å². The number of hydrogen-bond acceptors (Lipinski definition) is 5. The topological polar surface area (TPSA) is 71.2 Å². The predicted octanol–water partition coefficient (Wildman–Crippen LogP) is 6.24. The molecule has 6 heteroatoms. The lowest BCUT2D eigenvalue weighted by atomic mass is 10.1. The zero-order valence-corrected chi connectivity index (χ0v) is 20.2. The largest absolute Gasteiger partial charge is 0.397 e. The fourth-order valence-corrected chi connectivity index (χ4v) is 4.59. The molecule has 1 saturated heterocycles. The van der Waals surface area contributed by atoms with Crippen LogP contribution >= 0.6 is 11.3 Å². The van der Waals surface area contributed by atoms with Gasteiger partial charge in [0.15, 0.2) is 0 Å². The van der Waals surface area contributed by atoms with Crippen molar-refractivity contribution in [1.29, 1.82) is 0 Å². The Bertz CT molecular complexity index is 1190. The van der Waals surface area contributed by atoms with Gasteiger partial charge in [-0.1, -0.05) is 30.3 Å². The number of rotatable bonds is 5. The first-order chi connectivity index (χ1) is 16.6. The number of benzene rings is 2. The number of nitrogen functional groups attached to an aromatic ring is 1. The third kappa shape index (κ3) is 6.53. The average Bonchev–Trinajstić information content (AvgIpc) is 3.57. The lowest BCUT2D eigenvalue weighted by Gasteiger charge is -2.15. The lowest BCUT2D eigenvalue weighted by molar-refractivity contribution is 0.102. The summed E-state index contributed by atoms with van der Waals surface area (Å²) < 4.78 is 0. The minimum absolute atomic E-state index is 0.141. The van der Waals surface area contributed by atoms with Crippen molar-refractivity contribution in [1.82, 2.24) is 9.88 Å². The molecule has 1 aliphatic rings. The number of aryl methyl sites for hydroxylation is 1. The maximum atomic E-state index is 12.6. The molecule has 5 nitrogen and oxygen atoms in total. The maximum absolute atomic E-state index is 12.6. The smallest absolute Gasteiger partial charge is 0.255 e. The highest BCUT2D eigenvalue weighted by Crippen LogP contribution is 2.30. The van der Waals surface area contributed by atoms with Crippen molar-refractivity contribution in [3.63, 3.8) is 0 Å². The molecule has 0 radical (unpaired) electrons. The van der Waals surface area contributed by atoms with Crippen molar-refractivity contribution in [3.05, 3.63) is 101 Å². The van der Waals surface area contributed by atoms with Crippen molar-refractivity contribution in [2.75, 3.05) is 24.1 Å². The monoisotopic (exact) mass is 470 g/mol. The van der Waals surface area contributed by atoms with Crippen LogP contribution in [-0.2, 0) is 6.54 Å². The van der Waals surface area contributed by atoms with E-state index in [-0.39, 0.29) is 5.91 Å². The van der Waals surface area contributed by atoms with Crippen molar-refractivity contribution in [2.45, 2.75) is 26.3 Å². The van der Waals surface area contributed by atoms with Crippen LogP contribution in [0.5, 0.6) is 0 Å². The molecule has 0 spiro atoms. The molecule has 0 aliphatic carbocycles. The molecule has 0 bridgehead atoms. The number of anilines is 2. The molecular weight excluding hydrogens is 440 g/mol. The van der Waals surface area contributed by atoms with Gasteiger partial charge in [-0.15, -0.1) is 11.3 Å². The second-order valence-electron chi connectivity index (χ2n) is 8.44. The fraction of sp³-hybridized carbons (Fsp3) is 0.214. The molecule has 0 atom stereocenters. The molecule has 3 heterocycles. The number of aromatic nitrogens is 1. The number of thiophene rings is 1. The molecule has 4 aromatic rings. The van der Waals surface area contributed by atoms with Gasteiger partial charge in [-0.25, -0.2) is 0 Å². The molecule has 1 amide bonds. The molecule has 0 saturated carbocycles. The quantitative estimate of drug-likeness (QED) is 0.339. The minimum Gasteiger partial charge on any atom is -0.397 e. The average molecular weight is 471 g/mol. The first-order valence-electron chi connectivity index (χ1n) is 11.5. The summed E-state index contributed by atoms with van der Waals surface area (Å²) in [5, 5.41) is 4.99. The fourth-order valence-electron chi connectivity index (χ4n) is 3.86. The van der Waals surface area contributed by atoms with Gasteiger partial charge in [0.05, 0.1) is 11.4 Å². The Morgan fingerprint density at radius 1 is 1.06 bits per heavy atom. The number of nitrogens with zero attached hydrogens (tertiary/aromatic N) is 2. The summed E-state index contributed by atoms with van der Waals surface area (Å²) in [5.41, 5.74) is 11.4. The first kappa shape index (κ1) is 23.7. The van der Waals surface area contributed by atoms with Crippen LogP contribution < -0.4 is 11.1 Å². The maximum Gasteiger partial charge on any atom is 0.255 e. The van der Waals surface area contributed by atoms with E-state index in [1.807, 2.05) is 79.2 Å². The van der Waals surface area contributed by atoms with Crippen LogP contribution in [0.4, 0.5) is 11.4 Å². The van der Waals surface area contributed by atoms with Gasteiger partial charge in [0.25, 0.3) is 5.91 Å². The molecule has 174 valence electrons. The summed E-state index contributed by atoms with van der Waals surface area (Å²) in [5.74, 6) is -0.141. The summed E-state index contributed by atoms with van der Waals surface area (Å²) >= 11 is 1.66. The van der Waals surface area contributed by atoms with E-state index < -0.39 is 0 Å². The molecule has 1 aliphatic heterocycles. The number of likely N-dealkylation sites (tertiary alicyclic amines) is 1. The zero-order chi connectivity index (χ0) is 23.8. The highest BCUT2D eigenvalue weighted by Gasteiger charge is 2.13. The second-order valence-corrected chi connectivity index (χ2v) is 9.39. The van der Waals surface area contributed by atoms with E-state index in [0.717, 1.165) is 17.0 Å². The highest BCUT2D eigenvalue weighted by atomic mass is 32.1. The Hall–Kier alpha value is -3.48. The number of carbonyl (C=O) groups is 1. The van der Waals surface area contributed by atoms with Crippen LogP contribution in [-0.4, -0.2) is 28.9 Å². The van der Waals surface area contributed by atoms with E-state index in [4.69, 9.17) is 5.73 Å². The van der Waals surface area contributed by atoms with Gasteiger partial charge in [-0.2, -0.15) is 0 Å². The highest BCUT2D eigenvalue weighted by molar-refractivity contribution is 7.13. The third-order valence-electron chi connectivity index (χ3n) is 5.74. The Balaban J connectivity index is 0.000000336. The van der Waals surface area contributed by atoms with Gasteiger partial charge >= 0.3 is 0 Å². The summed E-state index contributed by atoms with van der Waals surface area (Å²) in [6, 6.07) is 21.6. The molecule has 1 fully saturated rings. The Kier molecular flexibility index (Phi) is 8.07. The van der Waals surface area contributed by atoms with E-state index in [2.05, 4.69) is 21.3 Å². The lowest BCUT2D eigenvalue weighted by Crippen LogP contribution is -2.18. The summed E-state index contributed by atoms with van der Waals surface area (Å²) in [7, 11) is 0. The molecule has 2 aromatic carbocycles. The molecular formula is C28H30N4OS. The van der Waals surface area contributed by atoms with Crippen LogP contribution in [0.25, 0.3) is 10.4 Å². The SMILES string of the molecule is Cc1cccnc1.Nc1ccc(-c2cccs2)cc1NC(=O)c1ccc(CN2CCCC2)cc1. The normalized spacial score (nSPS) is 13.2. The van der Waals surface area contributed by atoms with Crippen LogP contribution in [0, 0.1) is 6.92 Å². The number of amides is 1. The van der Waals surface area contributed by atoms with Crippen molar-refractivity contribution < 1.29 is 4.79 Å².